The first-order chi connectivity index (χ1) is 6.47. The van der Waals surface area contributed by atoms with Crippen LogP contribution in [0.15, 0.2) is 18.5 Å². The summed E-state index contributed by atoms with van der Waals surface area (Å²) in [6, 6.07) is 1.38. The zero-order valence-corrected chi connectivity index (χ0v) is 6.74. The molecule has 1 rings (SSSR count). The van der Waals surface area contributed by atoms with Crippen molar-refractivity contribution in [2.75, 3.05) is 0 Å². The predicted octanol–water partition coefficient (Wildman–Crippen LogP) is 0.0598. The normalized spacial score (nSPS) is 11.2. The van der Waals surface area contributed by atoms with Crippen molar-refractivity contribution in [1.29, 1.82) is 0 Å². The number of rotatable bonds is 4. The van der Waals surface area contributed by atoms with E-state index >= 15 is 0 Å². The smallest absolute Gasteiger partial charge is 0.256 e. The van der Waals surface area contributed by atoms with Crippen LogP contribution in [-0.4, -0.2) is 25.5 Å². The monoisotopic (exact) mass is 204 g/mol. The largest absolute Gasteiger partial charge is 0.633 e. The van der Waals surface area contributed by atoms with Gasteiger partial charge in [0.1, 0.15) is 9.85 Å². The Morgan fingerprint density at radius 2 is 2.00 bits per heavy atom. The van der Waals surface area contributed by atoms with Crippen LogP contribution in [0.3, 0.4) is 0 Å². The third-order valence-electron chi connectivity index (χ3n) is 1.48. The fraction of sp³-hybridized carbons (Fsp3) is 0.400. The molecule has 0 spiro atoms. The summed E-state index contributed by atoms with van der Waals surface area (Å²) in [6.07, 6.45) is 2.43. The van der Waals surface area contributed by atoms with Gasteiger partial charge in [0.25, 0.3) is 0 Å². The third kappa shape index (κ3) is 1.65. The quantitative estimate of drug-likeness (QED) is 0.298. The maximum atomic E-state index is 13.1. The van der Waals surface area contributed by atoms with Gasteiger partial charge in [-0.15, -0.1) is 0 Å². The average molecular weight is 204 g/mol. The maximum Gasteiger partial charge on any atom is 0.633 e. The Bertz CT molecular complexity index is 337. The summed E-state index contributed by atoms with van der Waals surface area (Å²) in [7, 11) is 0. The van der Waals surface area contributed by atoms with Gasteiger partial charge < -0.3 is 0 Å². The average Bonchev–Trinajstić information content (AvgIpc) is 2.55. The van der Waals surface area contributed by atoms with Crippen LogP contribution in [0.1, 0.15) is 0 Å². The molecule has 0 aliphatic rings. The number of hydrogen-bond acceptors (Lipinski definition) is 5. The Morgan fingerprint density at radius 1 is 1.43 bits per heavy atom. The Kier molecular flexibility index (Phi) is 2.40. The number of aromatic nitrogens is 2. The van der Waals surface area contributed by atoms with E-state index in [0.29, 0.717) is 0 Å². The summed E-state index contributed by atoms with van der Waals surface area (Å²) in [5.41, 5.74) is 0. The van der Waals surface area contributed by atoms with E-state index in [1.165, 1.54) is 18.5 Å². The molecule has 0 aliphatic carbocycles. The second-order valence-electron chi connectivity index (χ2n) is 2.44. The fourth-order valence-corrected chi connectivity index (χ4v) is 0.782. The molecule has 1 heterocycles. The molecule has 0 atom stereocenters. The summed E-state index contributed by atoms with van der Waals surface area (Å²) >= 11 is 0. The van der Waals surface area contributed by atoms with E-state index in [-0.39, 0.29) is 0 Å². The molecule has 1 aromatic heterocycles. The molecule has 0 aliphatic heterocycles. The number of halogens is 1. The second kappa shape index (κ2) is 3.36. The molecule has 9 heteroatoms. The molecule has 1 aromatic rings. The Morgan fingerprint density at radius 3 is 2.36 bits per heavy atom. The van der Waals surface area contributed by atoms with Gasteiger partial charge in [-0.1, -0.05) is 4.39 Å². The highest BCUT2D eigenvalue weighted by molar-refractivity contribution is 4.78. The SMILES string of the molecule is O=[N+]([O-])C(F)(Cn1cccn1)[N+](=O)[O-]. The van der Waals surface area contributed by atoms with Gasteiger partial charge >= 0.3 is 5.92 Å². The molecule has 0 unspecified atom stereocenters. The lowest BCUT2D eigenvalue weighted by atomic mass is 10.5. The summed E-state index contributed by atoms with van der Waals surface area (Å²) in [5.74, 6) is -3.73. The number of hydrogen-bond donors (Lipinski definition) is 0. The third-order valence-corrected chi connectivity index (χ3v) is 1.48. The number of nitro groups is 2. The van der Waals surface area contributed by atoms with Crippen molar-refractivity contribution in [3.05, 3.63) is 38.7 Å². The number of nitrogens with zero attached hydrogens (tertiary/aromatic N) is 4. The minimum atomic E-state index is -3.73. The van der Waals surface area contributed by atoms with Gasteiger partial charge in [0.05, 0.1) is 0 Å². The highest BCUT2D eigenvalue weighted by Gasteiger charge is 2.58. The van der Waals surface area contributed by atoms with Crippen molar-refractivity contribution in [3.8, 4) is 0 Å². The van der Waals surface area contributed by atoms with Gasteiger partial charge in [-0.3, -0.25) is 24.9 Å². The second-order valence-corrected chi connectivity index (χ2v) is 2.44. The van der Waals surface area contributed by atoms with Crippen LogP contribution in [0.4, 0.5) is 4.39 Å². The maximum absolute atomic E-state index is 13.1. The Balaban J connectivity index is 2.91. The molecule has 0 saturated heterocycles. The van der Waals surface area contributed by atoms with Gasteiger partial charge in [-0.05, 0) is 6.07 Å². The summed E-state index contributed by atoms with van der Waals surface area (Å²) < 4.78 is 13.9. The highest BCUT2D eigenvalue weighted by atomic mass is 19.2. The van der Waals surface area contributed by atoms with Crippen molar-refractivity contribution in [2.45, 2.75) is 12.5 Å². The van der Waals surface area contributed by atoms with Gasteiger partial charge in [-0.2, -0.15) is 5.10 Å². The molecular formula is C5H5FN4O4. The first-order valence-corrected chi connectivity index (χ1v) is 3.42. The molecular weight excluding hydrogens is 199 g/mol. The molecule has 0 bridgehead atoms. The zero-order chi connectivity index (χ0) is 10.8. The lowest BCUT2D eigenvalue weighted by Crippen LogP contribution is -2.45. The predicted molar refractivity (Wildman–Crippen MR) is 40.1 cm³/mol. The topological polar surface area (TPSA) is 104 Å². The van der Waals surface area contributed by atoms with E-state index in [1.807, 2.05) is 0 Å². The molecule has 0 amide bonds. The van der Waals surface area contributed by atoms with Crippen molar-refractivity contribution < 1.29 is 14.2 Å². The van der Waals surface area contributed by atoms with E-state index in [4.69, 9.17) is 0 Å². The minimum absolute atomic E-state index is 0.783. The molecule has 0 radical (unpaired) electrons. The van der Waals surface area contributed by atoms with E-state index < -0.39 is 22.3 Å². The van der Waals surface area contributed by atoms with Crippen LogP contribution >= 0.6 is 0 Å². The van der Waals surface area contributed by atoms with E-state index in [1.54, 1.807) is 0 Å². The number of alkyl halides is 1. The Labute approximate surface area is 76.2 Å². The van der Waals surface area contributed by atoms with Crippen LogP contribution < -0.4 is 0 Å². The van der Waals surface area contributed by atoms with Gasteiger partial charge in [0.2, 0.25) is 6.54 Å². The van der Waals surface area contributed by atoms with Gasteiger partial charge in [0.15, 0.2) is 0 Å². The molecule has 14 heavy (non-hydrogen) atoms. The zero-order valence-electron chi connectivity index (χ0n) is 6.74. The standard InChI is InChI=1S/C5H5FN4O4/c6-5(9(11)12,10(13)14)4-8-3-1-2-7-8/h1-3H,4H2. The lowest BCUT2D eigenvalue weighted by molar-refractivity contribution is -0.833. The van der Waals surface area contributed by atoms with E-state index in [9.17, 15) is 24.6 Å². The fourth-order valence-electron chi connectivity index (χ4n) is 0.782. The van der Waals surface area contributed by atoms with Gasteiger partial charge in [-0.25, -0.2) is 0 Å². The van der Waals surface area contributed by atoms with Crippen LogP contribution in [0.25, 0.3) is 0 Å². The highest BCUT2D eigenvalue weighted by Crippen LogP contribution is 2.15. The first-order valence-electron chi connectivity index (χ1n) is 3.42. The summed E-state index contributed by atoms with van der Waals surface area (Å²) in [6.45, 7) is -1.06. The first kappa shape index (κ1) is 10.0. The van der Waals surface area contributed by atoms with Crippen LogP contribution in [0.5, 0.6) is 0 Å². The molecule has 0 N–H and O–H groups in total. The van der Waals surface area contributed by atoms with E-state index in [2.05, 4.69) is 5.10 Å². The van der Waals surface area contributed by atoms with Crippen LogP contribution in [0, 0.1) is 20.2 Å². The molecule has 76 valence electrons. The molecule has 0 aromatic carbocycles. The van der Waals surface area contributed by atoms with Gasteiger partial charge in [0, 0.05) is 12.4 Å². The molecule has 0 saturated carbocycles. The van der Waals surface area contributed by atoms with Crippen molar-refractivity contribution >= 4 is 0 Å². The Hall–Kier alpha value is -2.06. The van der Waals surface area contributed by atoms with E-state index in [0.717, 1.165) is 4.68 Å². The molecule has 0 fully saturated rings. The minimum Gasteiger partial charge on any atom is -0.256 e. The molecule has 8 nitrogen and oxygen atoms in total. The lowest BCUT2D eigenvalue weighted by Gasteiger charge is -2.07. The van der Waals surface area contributed by atoms with Crippen LogP contribution in [0.2, 0.25) is 0 Å². The van der Waals surface area contributed by atoms with Crippen molar-refractivity contribution in [3.63, 3.8) is 0 Å². The van der Waals surface area contributed by atoms with Crippen LogP contribution in [-0.2, 0) is 6.54 Å². The van der Waals surface area contributed by atoms with Crippen molar-refractivity contribution in [2.24, 2.45) is 0 Å². The summed E-state index contributed by atoms with van der Waals surface area (Å²) in [5, 5.41) is 23.7. The summed E-state index contributed by atoms with van der Waals surface area (Å²) in [4.78, 5) is 17.1. The van der Waals surface area contributed by atoms with Crippen molar-refractivity contribution in [1.82, 2.24) is 9.78 Å².